The highest BCUT2D eigenvalue weighted by molar-refractivity contribution is 5.83. The van der Waals surface area contributed by atoms with Crippen LogP contribution in [0.15, 0.2) is 40.4 Å². The Labute approximate surface area is 82.7 Å². The monoisotopic (exact) mass is 188 g/mol. The van der Waals surface area contributed by atoms with E-state index in [1.807, 2.05) is 30.3 Å². The van der Waals surface area contributed by atoms with E-state index >= 15 is 0 Å². The second-order valence-corrected chi connectivity index (χ2v) is 3.02. The van der Waals surface area contributed by atoms with Crippen molar-refractivity contribution in [3.63, 3.8) is 0 Å². The molecule has 72 valence electrons. The molecule has 0 fully saturated rings. The average Bonchev–Trinajstić information content (AvgIpc) is 2.63. The molecule has 0 radical (unpaired) electrons. The summed E-state index contributed by atoms with van der Waals surface area (Å²) in [5.41, 5.74) is 6.67. The Bertz CT molecular complexity index is 356. The first-order chi connectivity index (χ1) is 6.86. The standard InChI is InChI=1S/C10H12N4/c11-10-12-6-7-14(10)13-8-9-4-2-1-3-5-9/h1-5,8H,6-7H2,(H2,11,12)/b13-8+. The van der Waals surface area contributed by atoms with E-state index in [9.17, 15) is 0 Å². The van der Waals surface area contributed by atoms with Crippen LogP contribution < -0.4 is 5.73 Å². The number of hydrazone groups is 1. The smallest absolute Gasteiger partial charge is 0.212 e. The molecule has 4 nitrogen and oxygen atoms in total. The van der Waals surface area contributed by atoms with Gasteiger partial charge in [-0.25, -0.2) is 10.0 Å². The summed E-state index contributed by atoms with van der Waals surface area (Å²) in [7, 11) is 0. The van der Waals surface area contributed by atoms with Gasteiger partial charge in [0.15, 0.2) is 0 Å². The molecule has 0 unspecified atom stereocenters. The molecule has 0 bridgehead atoms. The van der Waals surface area contributed by atoms with E-state index in [1.54, 1.807) is 11.2 Å². The van der Waals surface area contributed by atoms with Crippen LogP contribution in [0.4, 0.5) is 0 Å². The molecule has 1 aliphatic rings. The van der Waals surface area contributed by atoms with E-state index in [-0.39, 0.29) is 0 Å². The lowest BCUT2D eigenvalue weighted by Crippen LogP contribution is -2.29. The van der Waals surface area contributed by atoms with E-state index in [1.165, 1.54) is 0 Å². The predicted octanol–water partition coefficient (Wildman–Crippen LogP) is 0.651. The fraction of sp³-hybridized carbons (Fsp3) is 0.200. The molecule has 4 heteroatoms. The molecule has 0 spiro atoms. The first-order valence-electron chi connectivity index (χ1n) is 4.53. The van der Waals surface area contributed by atoms with Gasteiger partial charge in [0.1, 0.15) is 0 Å². The van der Waals surface area contributed by atoms with Crippen molar-refractivity contribution >= 4 is 12.2 Å². The van der Waals surface area contributed by atoms with Crippen LogP contribution in [0.2, 0.25) is 0 Å². The molecule has 2 N–H and O–H groups in total. The van der Waals surface area contributed by atoms with Crippen molar-refractivity contribution in [3.8, 4) is 0 Å². The van der Waals surface area contributed by atoms with Crippen molar-refractivity contribution < 1.29 is 0 Å². The molecule has 1 aliphatic heterocycles. The van der Waals surface area contributed by atoms with Gasteiger partial charge in [0, 0.05) is 0 Å². The lowest BCUT2D eigenvalue weighted by atomic mass is 10.2. The maximum absolute atomic E-state index is 5.61. The van der Waals surface area contributed by atoms with Crippen molar-refractivity contribution in [2.45, 2.75) is 0 Å². The zero-order valence-electron chi connectivity index (χ0n) is 7.80. The predicted molar refractivity (Wildman–Crippen MR) is 57.2 cm³/mol. The molecule has 0 aliphatic carbocycles. The normalized spacial score (nSPS) is 16.3. The third-order valence-corrected chi connectivity index (χ3v) is 2.00. The van der Waals surface area contributed by atoms with Crippen molar-refractivity contribution in [1.29, 1.82) is 0 Å². The van der Waals surface area contributed by atoms with Crippen LogP contribution in [0, 0.1) is 0 Å². The van der Waals surface area contributed by atoms with E-state index in [4.69, 9.17) is 5.73 Å². The zero-order valence-corrected chi connectivity index (χ0v) is 7.80. The molecule has 0 atom stereocenters. The highest BCUT2D eigenvalue weighted by Crippen LogP contribution is 1.99. The maximum atomic E-state index is 5.61. The molecule has 14 heavy (non-hydrogen) atoms. The molecule has 0 amide bonds. The van der Waals surface area contributed by atoms with Crippen LogP contribution in [0.5, 0.6) is 0 Å². The SMILES string of the molecule is NC1=NCCN1/N=C/c1ccccc1. The molecular formula is C10H12N4. The summed E-state index contributed by atoms with van der Waals surface area (Å²) < 4.78 is 0. The minimum absolute atomic E-state index is 0.497. The lowest BCUT2D eigenvalue weighted by Gasteiger charge is -2.08. The second-order valence-electron chi connectivity index (χ2n) is 3.02. The number of hydrogen-bond acceptors (Lipinski definition) is 4. The van der Waals surface area contributed by atoms with Crippen LogP contribution in [0.1, 0.15) is 5.56 Å². The minimum atomic E-state index is 0.497. The summed E-state index contributed by atoms with van der Waals surface area (Å²) in [5, 5.41) is 5.93. The van der Waals surface area contributed by atoms with E-state index in [0.29, 0.717) is 5.96 Å². The Balaban J connectivity index is 2.04. The van der Waals surface area contributed by atoms with Gasteiger partial charge < -0.3 is 5.73 Å². The van der Waals surface area contributed by atoms with Gasteiger partial charge in [-0.1, -0.05) is 30.3 Å². The van der Waals surface area contributed by atoms with Crippen LogP contribution >= 0.6 is 0 Å². The Morgan fingerprint density at radius 3 is 2.79 bits per heavy atom. The molecule has 2 rings (SSSR count). The number of hydrogen-bond donors (Lipinski definition) is 1. The van der Waals surface area contributed by atoms with Crippen LogP contribution in [0.25, 0.3) is 0 Å². The number of aliphatic imine (C=N–C) groups is 1. The van der Waals surface area contributed by atoms with Crippen molar-refractivity contribution in [3.05, 3.63) is 35.9 Å². The number of rotatable bonds is 2. The Kier molecular flexibility index (Phi) is 2.44. The van der Waals surface area contributed by atoms with Crippen molar-refractivity contribution in [1.82, 2.24) is 5.01 Å². The quantitative estimate of drug-likeness (QED) is 0.693. The van der Waals surface area contributed by atoms with Gasteiger partial charge in [0.2, 0.25) is 5.96 Å². The minimum Gasteiger partial charge on any atom is -0.368 e. The zero-order chi connectivity index (χ0) is 9.80. The van der Waals surface area contributed by atoms with Crippen LogP contribution in [0.3, 0.4) is 0 Å². The first kappa shape index (κ1) is 8.74. The number of nitrogens with two attached hydrogens (primary N) is 1. The summed E-state index contributed by atoms with van der Waals surface area (Å²) in [6.07, 6.45) is 1.79. The largest absolute Gasteiger partial charge is 0.368 e. The fourth-order valence-corrected chi connectivity index (χ4v) is 1.25. The van der Waals surface area contributed by atoms with Gasteiger partial charge in [-0.2, -0.15) is 5.10 Å². The summed E-state index contributed by atoms with van der Waals surface area (Å²) in [5.74, 6) is 0.497. The Morgan fingerprint density at radius 2 is 2.14 bits per heavy atom. The summed E-state index contributed by atoms with van der Waals surface area (Å²) in [6, 6.07) is 9.91. The van der Waals surface area contributed by atoms with Crippen molar-refractivity contribution in [2.24, 2.45) is 15.8 Å². The molecule has 1 aromatic rings. The molecule has 0 saturated heterocycles. The third kappa shape index (κ3) is 1.90. The third-order valence-electron chi connectivity index (χ3n) is 2.00. The van der Waals surface area contributed by atoms with Gasteiger partial charge in [-0.15, -0.1) is 0 Å². The molecular weight excluding hydrogens is 176 g/mol. The fourth-order valence-electron chi connectivity index (χ4n) is 1.25. The summed E-state index contributed by atoms with van der Waals surface area (Å²) >= 11 is 0. The lowest BCUT2D eigenvalue weighted by molar-refractivity contribution is 0.487. The summed E-state index contributed by atoms with van der Waals surface area (Å²) in [4.78, 5) is 4.04. The molecule has 0 saturated carbocycles. The van der Waals surface area contributed by atoms with Gasteiger partial charge in [0.25, 0.3) is 0 Å². The maximum Gasteiger partial charge on any atom is 0.212 e. The molecule has 1 heterocycles. The summed E-state index contributed by atoms with van der Waals surface area (Å²) in [6.45, 7) is 1.51. The number of nitrogens with zero attached hydrogens (tertiary/aromatic N) is 3. The Morgan fingerprint density at radius 1 is 1.36 bits per heavy atom. The van der Waals surface area contributed by atoms with Crippen LogP contribution in [-0.4, -0.2) is 30.3 Å². The molecule has 0 aromatic heterocycles. The first-order valence-corrected chi connectivity index (χ1v) is 4.53. The highest BCUT2D eigenvalue weighted by Gasteiger charge is 2.10. The van der Waals surface area contributed by atoms with Gasteiger partial charge in [-0.3, -0.25) is 0 Å². The van der Waals surface area contributed by atoms with Crippen molar-refractivity contribution in [2.75, 3.05) is 13.1 Å². The van der Waals surface area contributed by atoms with E-state index < -0.39 is 0 Å². The Hall–Kier alpha value is -1.84. The highest BCUT2D eigenvalue weighted by atomic mass is 15.5. The average molecular weight is 188 g/mol. The number of benzene rings is 1. The second kappa shape index (κ2) is 3.91. The van der Waals surface area contributed by atoms with Gasteiger partial charge in [0.05, 0.1) is 19.3 Å². The van der Waals surface area contributed by atoms with Gasteiger partial charge in [-0.05, 0) is 5.56 Å². The van der Waals surface area contributed by atoms with Crippen LogP contribution in [-0.2, 0) is 0 Å². The van der Waals surface area contributed by atoms with E-state index in [2.05, 4.69) is 10.1 Å². The molecule has 1 aromatic carbocycles. The number of guanidine groups is 1. The topological polar surface area (TPSA) is 54.0 Å². The van der Waals surface area contributed by atoms with Gasteiger partial charge >= 0.3 is 0 Å². The van der Waals surface area contributed by atoms with E-state index in [0.717, 1.165) is 18.7 Å².